The number of benzene rings is 2. The molecule has 5 heteroatoms. The fourth-order valence-corrected chi connectivity index (χ4v) is 2.51. The van der Waals surface area contributed by atoms with Crippen molar-refractivity contribution in [1.29, 1.82) is 0 Å². The van der Waals surface area contributed by atoms with Crippen LogP contribution in [0.4, 0.5) is 4.39 Å². The SMILES string of the molecule is O=C(c1ccc2c(c1)OCCCO2)c1cccc(Br)c1F. The summed E-state index contributed by atoms with van der Waals surface area (Å²) in [6.07, 6.45) is 0.790. The number of hydrogen-bond acceptors (Lipinski definition) is 3. The van der Waals surface area contributed by atoms with Gasteiger partial charge in [-0.15, -0.1) is 0 Å². The predicted octanol–water partition coefficient (Wildman–Crippen LogP) is 3.98. The second-order valence-corrected chi connectivity index (χ2v) is 5.50. The summed E-state index contributed by atoms with van der Waals surface area (Å²) in [6, 6.07) is 9.55. The summed E-state index contributed by atoms with van der Waals surface area (Å²) in [4.78, 5) is 12.4. The number of fused-ring (bicyclic) bond motifs is 1. The second-order valence-electron chi connectivity index (χ2n) is 4.64. The van der Waals surface area contributed by atoms with Gasteiger partial charge in [0.2, 0.25) is 0 Å². The number of hydrogen-bond donors (Lipinski definition) is 0. The van der Waals surface area contributed by atoms with Crippen molar-refractivity contribution >= 4 is 21.7 Å². The quantitative estimate of drug-likeness (QED) is 0.768. The van der Waals surface area contributed by atoms with Gasteiger partial charge >= 0.3 is 0 Å². The Bertz CT molecular complexity index is 700. The van der Waals surface area contributed by atoms with E-state index in [-0.39, 0.29) is 15.8 Å². The zero-order valence-corrected chi connectivity index (χ0v) is 12.7. The van der Waals surface area contributed by atoms with E-state index in [4.69, 9.17) is 9.47 Å². The first kappa shape index (κ1) is 14.1. The van der Waals surface area contributed by atoms with E-state index in [0.29, 0.717) is 30.3 Å². The lowest BCUT2D eigenvalue weighted by molar-refractivity contribution is 0.103. The van der Waals surface area contributed by atoms with Crippen molar-refractivity contribution < 1.29 is 18.7 Å². The molecule has 0 spiro atoms. The Morgan fingerprint density at radius 2 is 1.86 bits per heavy atom. The van der Waals surface area contributed by atoms with Gasteiger partial charge in [-0.2, -0.15) is 0 Å². The fourth-order valence-electron chi connectivity index (χ4n) is 2.14. The zero-order valence-electron chi connectivity index (χ0n) is 11.1. The highest BCUT2D eigenvalue weighted by Crippen LogP contribution is 2.31. The molecule has 0 saturated heterocycles. The molecule has 108 valence electrons. The third-order valence-electron chi connectivity index (χ3n) is 3.21. The van der Waals surface area contributed by atoms with Gasteiger partial charge in [0.15, 0.2) is 17.3 Å². The Hall–Kier alpha value is -1.88. The third-order valence-corrected chi connectivity index (χ3v) is 3.82. The maximum absolute atomic E-state index is 14.0. The summed E-state index contributed by atoms with van der Waals surface area (Å²) in [5.41, 5.74) is 0.398. The van der Waals surface area contributed by atoms with Gasteiger partial charge in [0.05, 0.1) is 23.2 Å². The Labute approximate surface area is 129 Å². The van der Waals surface area contributed by atoms with Crippen LogP contribution in [0.25, 0.3) is 0 Å². The topological polar surface area (TPSA) is 35.5 Å². The monoisotopic (exact) mass is 350 g/mol. The molecular formula is C16H12BrFO3. The molecule has 0 unspecified atom stereocenters. The van der Waals surface area contributed by atoms with Crippen LogP contribution in [-0.2, 0) is 0 Å². The summed E-state index contributed by atoms with van der Waals surface area (Å²) in [7, 11) is 0. The van der Waals surface area contributed by atoms with E-state index in [9.17, 15) is 9.18 Å². The smallest absolute Gasteiger partial charge is 0.196 e. The third kappa shape index (κ3) is 2.78. The van der Waals surface area contributed by atoms with Crippen molar-refractivity contribution in [1.82, 2.24) is 0 Å². The molecule has 1 aliphatic rings. The van der Waals surface area contributed by atoms with Crippen LogP contribution in [0.3, 0.4) is 0 Å². The lowest BCUT2D eigenvalue weighted by Gasteiger charge is -2.09. The second kappa shape index (κ2) is 5.85. The Morgan fingerprint density at radius 1 is 1.10 bits per heavy atom. The van der Waals surface area contributed by atoms with Gasteiger partial charge in [0.1, 0.15) is 5.82 Å². The van der Waals surface area contributed by atoms with E-state index in [1.54, 1.807) is 30.3 Å². The maximum atomic E-state index is 14.0. The molecule has 0 fully saturated rings. The highest BCUT2D eigenvalue weighted by atomic mass is 79.9. The molecule has 2 aromatic carbocycles. The number of ketones is 1. The highest BCUT2D eigenvalue weighted by molar-refractivity contribution is 9.10. The van der Waals surface area contributed by atoms with Crippen molar-refractivity contribution in [2.45, 2.75) is 6.42 Å². The average Bonchev–Trinajstić information content (AvgIpc) is 2.74. The average molecular weight is 351 g/mol. The lowest BCUT2D eigenvalue weighted by atomic mass is 10.0. The maximum Gasteiger partial charge on any atom is 0.196 e. The Kier molecular flexibility index (Phi) is 3.92. The summed E-state index contributed by atoms with van der Waals surface area (Å²) >= 11 is 3.09. The van der Waals surface area contributed by atoms with Gasteiger partial charge in [0, 0.05) is 12.0 Å². The van der Waals surface area contributed by atoms with Gasteiger partial charge in [-0.1, -0.05) is 6.07 Å². The Balaban J connectivity index is 1.98. The molecule has 2 aromatic rings. The lowest BCUT2D eigenvalue weighted by Crippen LogP contribution is -2.05. The first-order valence-corrected chi connectivity index (χ1v) is 7.34. The fraction of sp³-hybridized carbons (Fsp3) is 0.188. The van der Waals surface area contributed by atoms with Crippen LogP contribution in [0, 0.1) is 5.82 Å². The van der Waals surface area contributed by atoms with Crippen LogP contribution in [0.15, 0.2) is 40.9 Å². The summed E-state index contributed by atoms with van der Waals surface area (Å²) in [5.74, 6) is 0.187. The highest BCUT2D eigenvalue weighted by Gasteiger charge is 2.18. The van der Waals surface area contributed by atoms with Gasteiger partial charge in [-0.25, -0.2) is 4.39 Å². The largest absolute Gasteiger partial charge is 0.490 e. The molecule has 3 nitrogen and oxygen atoms in total. The van der Waals surface area contributed by atoms with Crippen molar-refractivity contribution in [3.63, 3.8) is 0 Å². The Morgan fingerprint density at radius 3 is 2.67 bits per heavy atom. The molecular weight excluding hydrogens is 339 g/mol. The van der Waals surface area contributed by atoms with E-state index in [1.807, 2.05) is 0 Å². The summed E-state index contributed by atoms with van der Waals surface area (Å²) in [6.45, 7) is 1.12. The van der Waals surface area contributed by atoms with Crippen molar-refractivity contribution in [2.24, 2.45) is 0 Å². The molecule has 3 rings (SSSR count). The van der Waals surface area contributed by atoms with Crippen LogP contribution in [0.5, 0.6) is 11.5 Å². The van der Waals surface area contributed by atoms with E-state index in [1.165, 1.54) is 6.07 Å². The molecule has 0 radical (unpaired) electrons. The van der Waals surface area contributed by atoms with E-state index in [2.05, 4.69) is 15.9 Å². The summed E-state index contributed by atoms with van der Waals surface area (Å²) in [5, 5.41) is 0. The number of halogens is 2. The predicted molar refractivity (Wildman–Crippen MR) is 79.6 cm³/mol. The minimum Gasteiger partial charge on any atom is -0.490 e. The van der Waals surface area contributed by atoms with Crippen LogP contribution in [0.1, 0.15) is 22.3 Å². The van der Waals surface area contributed by atoms with Gasteiger partial charge in [-0.05, 0) is 46.3 Å². The molecule has 0 aliphatic carbocycles. The molecule has 0 aromatic heterocycles. The molecule has 0 atom stereocenters. The molecule has 0 N–H and O–H groups in total. The van der Waals surface area contributed by atoms with E-state index < -0.39 is 5.82 Å². The van der Waals surface area contributed by atoms with Crippen LogP contribution in [0.2, 0.25) is 0 Å². The zero-order chi connectivity index (χ0) is 14.8. The number of ether oxygens (including phenoxy) is 2. The number of carbonyl (C=O) groups is 1. The summed E-state index contributed by atoms with van der Waals surface area (Å²) < 4.78 is 25.3. The minimum absolute atomic E-state index is 0.0267. The van der Waals surface area contributed by atoms with Crippen LogP contribution < -0.4 is 9.47 Å². The first-order chi connectivity index (χ1) is 10.2. The van der Waals surface area contributed by atoms with Crippen LogP contribution >= 0.6 is 15.9 Å². The van der Waals surface area contributed by atoms with Gasteiger partial charge in [-0.3, -0.25) is 4.79 Å². The molecule has 0 amide bonds. The van der Waals surface area contributed by atoms with Crippen molar-refractivity contribution in [2.75, 3.05) is 13.2 Å². The van der Waals surface area contributed by atoms with Crippen LogP contribution in [-0.4, -0.2) is 19.0 Å². The normalized spacial score (nSPS) is 13.6. The molecule has 1 heterocycles. The van der Waals surface area contributed by atoms with Crippen molar-refractivity contribution in [3.05, 3.63) is 57.8 Å². The van der Waals surface area contributed by atoms with E-state index >= 15 is 0 Å². The minimum atomic E-state index is -0.561. The molecule has 1 aliphatic heterocycles. The van der Waals surface area contributed by atoms with Gasteiger partial charge in [0.25, 0.3) is 0 Å². The van der Waals surface area contributed by atoms with E-state index in [0.717, 1.165) is 6.42 Å². The first-order valence-electron chi connectivity index (χ1n) is 6.55. The number of rotatable bonds is 2. The number of carbonyl (C=O) groups excluding carboxylic acids is 1. The van der Waals surface area contributed by atoms with Gasteiger partial charge < -0.3 is 9.47 Å². The molecule has 0 bridgehead atoms. The van der Waals surface area contributed by atoms with Crippen molar-refractivity contribution in [3.8, 4) is 11.5 Å². The molecule has 0 saturated carbocycles. The molecule has 21 heavy (non-hydrogen) atoms. The standard InChI is InChI=1S/C16H12BrFO3/c17-12-4-1-3-11(15(12)18)16(19)10-5-6-13-14(9-10)21-8-2-7-20-13/h1,3-6,9H,2,7-8H2.